The molecule has 118 valence electrons. The maximum absolute atomic E-state index is 6.13. The molecule has 1 heterocycles. The van der Waals surface area contributed by atoms with Gasteiger partial charge in [-0.25, -0.2) is 0 Å². The normalized spacial score (nSPS) is 11.0. The van der Waals surface area contributed by atoms with Crippen molar-refractivity contribution in [1.82, 2.24) is 5.32 Å². The van der Waals surface area contributed by atoms with E-state index in [4.69, 9.17) is 4.42 Å². The van der Waals surface area contributed by atoms with Gasteiger partial charge in [-0.2, -0.15) is 0 Å². The van der Waals surface area contributed by atoms with Gasteiger partial charge in [0.05, 0.1) is 6.54 Å². The standard InChI is InChI=1S/C21H23NO/c1-4-5-12-22-14-20-21(17-9-6-15(2)7-10-17)18-13-16(3)8-11-19(18)23-20/h4,6-11,13,22H,1,5,12,14H2,2-3H3. The van der Waals surface area contributed by atoms with Gasteiger partial charge >= 0.3 is 0 Å². The number of hydrogen-bond acceptors (Lipinski definition) is 2. The van der Waals surface area contributed by atoms with Crippen molar-refractivity contribution < 1.29 is 4.42 Å². The first-order valence-electron chi connectivity index (χ1n) is 8.09. The largest absolute Gasteiger partial charge is 0.459 e. The molecule has 0 fully saturated rings. The lowest BCUT2D eigenvalue weighted by Gasteiger charge is -2.06. The van der Waals surface area contributed by atoms with Crippen LogP contribution in [0.4, 0.5) is 0 Å². The van der Waals surface area contributed by atoms with Gasteiger partial charge in [0.25, 0.3) is 0 Å². The average molecular weight is 305 g/mol. The predicted molar refractivity (Wildman–Crippen MR) is 97.6 cm³/mol. The fourth-order valence-electron chi connectivity index (χ4n) is 2.83. The van der Waals surface area contributed by atoms with E-state index in [1.54, 1.807) is 0 Å². The van der Waals surface area contributed by atoms with Crippen LogP contribution in [0.2, 0.25) is 0 Å². The smallest absolute Gasteiger partial charge is 0.135 e. The molecule has 1 N–H and O–H groups in total. The summed E-state index contributed by atoms with van der Waals surface area (Å²) in [7, 11) is 0. The molecule has 1 aromatic heterocycles. The molecule has 3 rings (SSSR count). The van der Waals surface area contributed by atoms with Crippen LogP contribution in [-0.2, 0) is 6.54 Å². The minimum absolute atomic E-state index is 0.727. The molecule has 2 heteroatoms. The summed E-state index contributed by atoms with van der Waals surface area (Å²) < 4.78 is 6.13. The van der Waals surface area contributed by atoms with Crippen LogP contribution in [0, 0.1) is 13.8 Å². The highest BCUT2D eigenvalue weighted by molar-refractivity contribution is 5.96. The van der Waals surface area contributed by atoms with Crippen LogP contribution in [0.3, 0.4) is 0 Å². The number of furan rings is 1. The molecular weight excluding hydrogens is 282 g/mol. The van der Waals surface area contributed by atoms with E-state index in [1.165, 1.54) is 27.6 Å². The van der Waals surface area contributed by atoms with Gasteiger partial charge < -0.3 is 9.73 Å². The van der Waals surface area contributed by atoms with Crippen molar-refractivity contribution in [3.63, 3.8) is 0 Å². The molecule has 2 nitrogen and oxygen atoms in total. The lowest BCUT2D eigenvalue weighted by molar-refractivity contribution is 0.518. The summed E-state index contributed by atoms with van der Waals surface area (Å²) in [5, 5.41) is 4.62. The van der Waals surface area contributed by atoms with Crippen LogP contribution in [0.25, 0.3) is 22.1 Å². The molecule has 0 aliphatic heterocycles. The Morgan fingerprint density at radius 2 is 1.78 bits per heavy atom. The summed E-state index contributed by atoms with van der Waals surface area (Å²) in [4.78, 5) is 0. The third kappa shape index (κ3) is 3.38. The molecule has 0 atom stereocenters. The van der Waals surface area contributed by atoms with Crippen LogP contribution in [0.15, 0.2) is 59.5 Å². The number of fused-ring (bicyclic) bond motifs is 1. The van der Waals surface area contributed by atoms with Gasteiger partial charge in [-0.15, -0.1) is 6.58 Å². The van der Waals surface area contributed by atoms with E-state index >= 15 is 0 Å². The summed E-state index contributed by atoms with van der Waals surface area (Å²) in [5.41, 5.74) is 5.88. The van der Waals surface area contributed by atoms with E-state index in [1.807, 2.05) is 6.08 Å². The van der Waals surface area contributed by atoms with Crippen LogP contribution >= 0.6 is 0 Å². The average Bonchev–Trinajstić information content (AvgIpc) is 2.90. The Labute approximate surface area is 137 Å². The number of hydrogen-bond donors (Lipinski definition) is 1. The Morgan fingerprint density at radius 3 is 2.52 bits per heavy atom. The zero-order chi connectivity index (χ0) is 16.2. The van der Waals surface area contributed by atoms with E-state index in [-0.39, 0.29) is 0 Å². The highest BCUT2D eigenvalue weighted by atomic mass is 16.3. The number of benzene rings is 2. The van der Waals surface area contributed by atoms with Gasteiger partial charge in [0, 0.05) is 10.9 Å². The van der Waals surface area contributed by atoms with Crippen molar-refractivity contribution in [2.45, 2.75) is 26.8 Å². The molecule has 0 bridgehead atoms. The SMILES string of the molecule is C=CCCNCc1oc2ccc(C)cc2c1-c1ccc(C)cc1. The van der Waals surface area contributed by atoms with Crippen molar-refractivity contribution in [2.75, 3.05) is 6.54 Å². The van der Waals surface area contributed by atoms with Crippen LogP contribution in [0.1, 0.15) is 23.3 Å². The van der Waals surface area contributed by atoms with Crippen molar-refractivity contribution in [3.05, 3.63) is 72.0 Å². The van der Waals surface area contributed by atoms with E-state index < -0.39 is 0 Å². The van der Waals surface area contributed by atoms with Crippen molar-refractivity contribution in [3.8, 4) is 11.1 Å². The van der Waals surface area contributed by atoms with Gasteiger partial charge in [-0.3, -0.25) is 0 Å². The van der Waals surface area contributed by atoms with Crippen LogP contribution < -0.4 is 5.32 Å². The summed E-state index contributed by atoms with van der Waals surface area (Å²) >= 11 is 0. The maximum Gasteiger partial charge on any atom is 0.135 e. The monoisotopic (exact) mass is 305 g/mol. The quantitative estimate of drug-likeness (QED) is 0.488. The molecule has 0 saturated carbocycles. The molecule has 0 amide bonds. The molecule has 0 spiro atoms. The van der Waals surface area contributed by atoms with Gasteiger partial charge in [0.2, 0.25) is 0 Å². The van der Waals surface area contributed by atoms with Crippen molar-refractivity contribution in [2.24, 2.45) is 0 Å². The van der Waals surface area contributed by atoms with Gasteiger partial charge in [0.15, 0.2) is 0 Å². The van der Waals surface area contributed by atoms with Crippen LogP contribution in [-0.4, -0.2) is 6.54 Å². The minimum atomic E-state index is 0.727. The summed E-state index contributed by atoms with van der Waals surface area (Å²) in [6.07, 6.45) is 2.88. The molecular formula is C21H23NO. The lowest BCUT2D eigenvalue weighted by atomic mass is 10.00. The Hall–Kier alpha value is -2.32. The molecule has 0 saturated heterocycles. The van der Waals surface area contributed by atoms with E-state index in [9.17, 15) is 0 Å². The molecule has 3 aromatic rings. The van der Waals surface area contributed by atoms with Crippen LogP contribution in [0.5, 0.6) is 0 Å². The number of nitrogens with one attached hydrogen (secondary N) is 1. The highest BCUT2D eigenvalue weighted by Gasteiger charge is 2.15. The summed E-state index contributed by atoms with van der Waals surface area (Å²) in [5.74, 6) is 0.999. The molecule has 0 aliphatic carbocycles. The maximum atomic E-state index is 6.13. The third-order valence-corrected chi connectivity index (χ3v) is 4.07. The fourth-order valence-corrected chi connectivity index (χ4v) is 2.83. The van der Waals surface area contributed by atoms with E-state index in [2.05, 4.69) is 68.2 Å². The van der Waals surface area contributed by atoms with E-state index in [0.717, 1.165) is 30.9 Å². The minimum Gasteiger partial charge on any atom is -0.459 e. The fraction of sp³-hybridized carbons (Fsp3) is 0.238. The summed E-state index contributed by atoms with van der Waals surface area (Å²) in [6.45, 7) is 9.62. The topological polar surface area (TPSA) is 25.2 Å². The predicted octanol–water partition coefficient (Wildman–Crippen LogP) is 5.38. The Balaban J connectivity index is 2.05. The first-order chi connectivity index (χ1) is 11.2. The second-order valence-electron chi connectivity index (χ2n) is 6.02. The number of aryl methyl sites for hydroxylation is 2. The van der Waals surface area contributed by atoms with Gasteiger partial charge in [0.1, 0.15) is 11.3 Å². The van der Waals surface area contributed by atoms with Crippen molar-refractivity contribution in [1.29, 1.82) is 0 Å². The molecule has 0 unspecified atom stereocenters. The second kappa shape index (κ2) is 6.84. The number of rotatable bonds is 6. The van der Waals surface area contributed by atoms with Gasteiger partial charge in [-0.1, -0.05) is 47.5 Å². The second-order valence-corrected chi connectivity index (χ2v) is 6.02. The zero-order valence-electron chi connectivity index (χ0n) is 13.9. The lowest BCUT2D eigenvalue weighted by Crippen LogP contribution is -2.14. The first kappa shape index (κ1) is 15.6. The molecule has 0 aliphatic rings. The Morgan fingerprint density at radius 1 is 1.04 bits per heavy atom. The molecule has 23 heavy (non-hydrogen) atoms. The highest BCUT2D eigenvalue weighted by Crippen LogP contribution is 2.35. The molecule has 0 radical (unpaired) electrons. The summed E-state index contributed by atoms with van der Waals surface area (Å²) in [6, 6.07) is 15.0. The first-order valence-corrected chi connectivity index (χ1v) is 8.09. The molecule has 2 aromatic carbocycles. The third-order valence-electron chi connectivity index (χ3n) is 4.07. The Bertz CT molecular complexity index is 812. The van der Waals surface area contributed by atoms with Gasteiger partial charge in [-0.05, 0) is 44.5 Å². The Kier molecular flexibility index (Phi) is 4.63. The van der Waals surface area contributed by atoms with E-state index in [0.29, 0.717) is 0 Å². The van der Waals surface area contributed by atoms with Crippen molar-refractivity contribution >= 4 is 11.0 Å². The zero-order valence-corrected chi connectivity index (χ0v) is 13.9.